The Hall–Kier alpha value is -1.95. The lowest BCUT2D eigenvalue weighted by molar-refractivity contribution is -0.141. The van der Waals surface area contributed by atoms with Gasteiger partial charge in [-0.05, 0) is 44.7 Å². The standard InChI is InChI=1S/C24H33F3N4O4/c1-22(33)19-13-30(20-11-15(4-7-28-20)24(25,26)27)8-9-31(19)21(32)23(22)6-3-16(12-23)29-17-5-10-35-14-18(17)34-2/h4,7,11,16-19,29,33H,3,5-6,8-10,12-14H2,1-2H3/t16-,17?,18?,19?,22?,23-/m1/s1. The second kappa shape index (κ2) is 8.86. The van der Waals surface area contributed by atoms with Gasteiger partial charge in [0, 0.05) is 51.6 Å². The van der Waals surface area contributed by atoms with Gasteiger partial charge in [-0.25, -0.2) is 4.98 Å². The number of piperazine rings is 1. The van der Waals surface area contributed by atoms with Gasteiger partial charge in [0.2, 0.25) is 5.91 Å². The third-order valence-corrected chi connectivity index (χ3v) is 8.64. The Balaban J connectivity index is 1.33. The number of amides is 1. The maximum Gasteiger partial charge on any atom is 0.416 e. The van der Waals surface area contributed by atoms with E-state index in [2.05, 4.69) is 10.3 Å². The van der Waals surface area contributed by atoms with Gasteiger partial charge >= 0.3 is 6.18 Å². The predicted molar refractivity (Wildman–Crippen MR) is 121 cm³/mol. The molecular formula is C24H33F3N4O4. The van der Waals surface area contributed by atoms with Gasteiger partial charge in [-0.15, -0.1) is 0 Å². The van der Waals surface area contributed by atoms with Gasteiger partial charge in [0.05, 0.1) is 35.3 Å². The molecule has 3 aliphatic heterocycles. The number of halogens is 3. The van der Waals surface area contributed by atoms with E-state index in [1.54, 1.807) is 23.8 Å². The fourth-order valence-electron chi connectivity index (χ4n) is 6.57. The number of carbonyl (C=O) groups excluding carboxylic acids is 1. The highest BCUT2D eigenvalue weighted by atomic mass is 19.4. The van der Waals surface area contributed by atoms with Gasteiger partial charge in [0.1, 0.15) is 5.82 Å². The molecule has 2 N–H and O–H groups in total. The van der Waals surface area contributed by atoms with Crippen LogP contribution in [-0.4, -0.2) is 90.7 Å². The first kappa shape index (κ1) is 24.7. The lowest BCUT2D eigenvalue weighted by atomic mass is 9.70. The summed E-state index contributed by atoms with van der Waals surface area (Å²) in [5.74, 6) is 0.156. The monoisotopic (exact) mass is 498 g/mol. The molecule has 4 unspecified atom stereocenters. The molecule has 0 aromatic carbocycles. The summed E-state index contributed by atoms with van der Waals surface area (Å²) in [6, 6.07) is 1.65. The number of fused-ring (bicyclic) bond motifs is 1. The van der Waals surface area contributed by atoms with E-state index in [-0.39, 0.29) is 36.5 Å². The number of carbonyl (C=O) groups is 1. The Bertz CT molecular complexity index is 961. The molecule has 35 heavy (non-hydrogen) atoms. The normalized spacial score (nSPS) is 37.8. The van der Waals surface area contributed by atoms with E-state index in [1.165, 1.54) is 0 Å². The quantitative estimate of drug-likeness (QED) is 0.655. The summed E-state index contributed by atoms with van der Waals surface area (Å²) in [7, 11) is 1.67. The molecule has 0 bridgehead atoms. The SMILES string of the molecule is COC1COCCC1N[C@@H]1CC[C@@]2(C1)C(=O)N1CCN(c3cc(C(F)(F)F)ccn3)CC1C2(C)O. The van der Waals surface area contributed by atoms with E-state index in [9.17, 15) is 23.1 Å². The van der Waals surface area contributed by atoms with Crippen LogP contribution in [0.2, 0.25) is 0 Å². The van der Waals surface area contributed by atoms with E-state index >= 15 is 0 Å². The second-order valence-electron chi connectivity index (χ2n) is 10.4. The number of anilines is 1. The van der Waals surface area contributed by atoms with Crippen molar-refractivity contribution >= 4 is 11.7 Å². The fourth-order valence-corrected chi connectivity index (χ4v) is 6.57. The van der Waals surface area contributed by atoms with E-state index in [4.69, 9.17) is 9.47 Å². The number of hydrogen-bond donors (Lipinski definition) is 2. The highest BCUT2D eigenvalue weighted by Gasteiger charge is 2.68. The molecule has 1 aromatic heterocycles. The summed E-state index contributed by atoms with van der Waals surface area (Å²) in [6.45, 7) is 3.83. The van der Waals surface area contributed by atoms with E-state index < -0.39 is 28.8 Å². The average Bonchev–Trinajstić information content (AvgIpc) is 3.34. The van der Waals surface area contributed by atoms with Crippen molar-refractivity contribution in [1.29, 1.82) is 0 Å². The summed E-state index contributed by atoms with van der Waals surface area (Å²) < 4.78 is 50.7. The van der Waals surface area contributed by atoms with Gasteiger partial charge in [-0.1, -0.05) is 0 Å². The maximum absolute atomic E-state index is 13.7. The molecule has 4 aliphatic rings. The molecule has 1 aromatic rings. The van der Waals surface area contributed by atoms with Gasteiger partial charge in [0.25, 0.3) is 0 Å². The van der Waals surface area contributed by atoms with Crippen LogP contribution in [-0.2, 0) is 20.4 Å². The number of nitrogens with zero attached hydrogens (tertiary/aromatic N) is 3. The molecule has 0 radical (unpaired) electrons. The van der Waals surface area contributed by atoms with E-state index in [0.29, 0.717) is 39.1 Å². The molecule has 5 rings (SSSR count). The van der Waals surface area contributed by atoms with Crippen LogP contribution in [0.5, 0.6) is 0 Å². The highest BCUT2D eigenvalue weighted by molar-refractivity contribution is 5.88. The first-order valence-corrected chi connectivity index (χ1v) is 12.2. The van der Waals surface area contributed by atoms with Crippen molar-refractivity contribution in [3.8, 4) is 0 Å². The zero-order valence-corrected chi connectivity index (χ0v) is 20.1. The number of pyridine rings is 1. The average molecular weight is 499 g/mol. The van der Waals surface area contributed by atoms with Crippen molar-refractivity contribution in [2.45, 2.75) is 68.6 Å². The molecule has 8 nitrogen and oxygen atoms in total. The summed E-state index contributed by atoms with van der Waals surface area (Å²) >= 11 is 0. The summed E-state index contributed by atoms with van der Waals surface area (Å²) in [4.78, 5) is 21.3. The van der Waals surface area contributed by atoms with Gasteiger partial charge in [-0.3, -0.25) is 4.79 Å². The number of methoxy groups -OCH3 is 1. The van der Waals surface area contributed by atoms with Crippen LogP contribution in [0, 0.1) is 5.41 Å². The van der Waals surface area contributed by atoms with Crippen molar-refractivity contribution < 1.29 is 32.5 Å². The van der Waals surface area contributed by atoms with Gasteiger partial charge < -0.3 is 29.7 Å². The highest BCUT2D eigenvalue weighted by Crippen LogP contribution is 2.55. The summed E-state index contributed by atoms with van der Waals surface area (Å²) in [5.41, 5.74) is -3.00. The number of alkyl halides is 3. The van der Waals surface area contributed by atoms with Crippen LogP contribution < -0.4 is 10.2 Å². The molecule has 6 atom stereocenters. The Kier molecular flexibility index (Phi) is 6.26. The number of hydrogen-bond acceptors (Lipinski definition) is 7. The smallest absolute Gasteiger partial charge is 0.387 e. The van der Waals surface area contributed by atoms with Crippen LogP contribution in [0.25, 0.3) is 0 Å². The first-order valence-electron chi connectivity index (χ1n) is 12.2. The predicted octanol–water partition coefficient (Wildman–Crippen LogP) is 1.81. The van der Waals surface area contributed by atoms with E-state index in [0.717, 1.165) is 31.2 Å². The number of nitrogens with one attached hydrogen (secondary N) is 1. The molecule has 4 heterocycles. The minimum Gasteiger partial charge on any atom is -0.387 e. The molecule has 1 saturated carbocycles. The molecular weight excluding hydrogens is 465 g/mol. The molecule has 1 aliphatic carbocycles. The van der Waals surface area contributed by atoms with Crippen LogP contribution in [0.4, 0.5) is 19.0 Å². The van der Waals surface area contributed by atoms with Crippen molar-refractivity contribution in [3.05, 3.63) is 23.9 Å². The van der Waals surface area contributed by atoms with Crippen LogP contribution in [0.3, 0.4) is 0 Å². The molecule has 1 amide bonds. The van der Waals surface area contributed by atoms with Crippen LogP contribution >= 0.6 is 0 Å². The van der Waals surface area contributed by atoms with Crippen molar-refractivity contribution in [1.82, 2.24) is 15.2 Å². The lowest BCUT2D eigenvalue weighted by Gasteiger charge is -2.43. The van der Waals surface area contributed by atoms with E-state index in [1.807, 2.05) is 0 Å². The molecule has 11 heteroatoms. The molecule has 1 spiro atoms. The first-order chi connectivity index (χ1) is 16.6. The van der Waals surface area contributed by atoms with Crippen molar-refractivity contribution in [2.24, 2.45) is 5.41 Å². The largest absolute Gasteiger partial charge is 0.416 e. The minimum absolute atomic E-state index is 0.0521. The van der Waals surface area contributed by atoms with Gasteiger partial charge in [0.15, 0.2) is 0 Å². The van der Waals surface area contributed by atoms with Crippen molar-refractivity contribution in [3.63, 3.8) is 0 Å². The molecule has 3 saturated heterocycles. The Morgan fingerprint density at radius 2 is 2.11 bits per heavy atom. The number of aromatic nitrogens is 1. The van der Waals surface area contributed by atoms with Crippen molar-refractivity contribution in [2.75, 3.05) is 44.9 Å². The number of rotatable bonds is 4. The zero-order valence-electron chi connectivity index (χ0n) is 20.1. The van der Waals surface area contributed by atoms with Crippen LogP contribution in [0.15, 0.2) is 18.3 Å². The summed E-state index contributed by atoms with van der Waals surface area (Å²) in [6.07, 6.45) is -0.708. The Morgan fingerprint density at radius 1 is 1.31 bits per heavy atom. The zero-order chi connectivity index (χ0) is 25.0. The lowest BCUT2D eigenvalue weighted by Crippen LogP contribution is -2.58. The molecule has 194 valence electrons. The summed E-state index contributed by atoms with van der Waals surface area (Å²) in [5, 5.41) is 15.5. The maximum atomic E-state index is 13.7. The molecule has 4 fully saturated rings. The number of aliphatic hydroxyl groups is 1. The number of ether oxygens (including phenoxy) is 2. The minimum atomic E-state index is -4.46. The second-order valence-corrected chi connectivity index (χ2v) is 10.4. The Morgan fingerprint density at radius 3 is 2.86 bits per heavy atom. The van der Waals surface area contributed by atoms with Crippen LogP contribution in [0.1, 0.15) is 38.2 Å². The van der Waals surface area contributed by atoms with Gasteiger partial charge in [-0.2, -0.15) is 13.2 Å². The third-order valence-electron chi connectivity index (χ3n) is 8.64. The topological polar surface area (TPSA) is 87.2 Å². The third kappa shape index (κ3) is 4.10. The fraction of sp³-hybridized carbons (Fsp3) is 0.750. The Labute approximate surface area is 202 Å².